The maximum atomic E-state index is 12.7. The van der Waals surface area contributed by atoms with E-state index in [9.17, 15) is 4.79 Å². The predicted octanol–water partition coefficient (Wildman–Crippen LogP) is 6.23. The largest absolute Gasteiger partial charge is 0.321 e. The molecule has 0 unspecified atom stereocenters. The number of benzene rings is 2. The van der Waals surface area contributed by atoms with E-state index in [2.05, 4.69) is 23.3 Å². The van der Waals surface area contributed by atoms with Crippen molar-refractivity contribution in [1.29, 1.82) is 0 Å². The Hall–Kier alpha value is -2.43. The number of carbonyl (C=O) groups excluding carboxylic acids is 1. The van der Waals surface area contributed by atoms with E-state index >= 15 is 0 Å². The first-order chi connectivity index (χ1) is 12.5. The van der Waals surface area contributed by atoms with E-state index in [4.69, 9.17) is 11.6 Å². The molecule has 2 aromatic carbocycles. The van der Waals surface area contributed by atoms with Crippen LogP contribution < -0.4 is 5.32 Å². The number of nitrogens with one attached hydrogen (secondary N) is 1. The molecule has 1 N–H and O–H groups in total. The topological polar surface area (TPSA) is 42.0 Å². The van der Waals surface area contributed by atoms with Gasteiger partial charge < -0.3 is 5.32 Å². The minimum absolute atomic E-state index is 0.132. The standard InChI is InChI=1S/C21H17ClN2OS/c1-3-13-5-7-14(8-6-13)23-21(25)18-11-16-19(26-18)15-10-12(2)4-9-17(15)24-20(16)22/h4-11H,3H2,1-2H3,(H,23,25). The number of aromatic nitrogens is 1. The molecule has 0 saturated carbocycles. The molecule has 4 aromatic rings. The average molecular weight is 381 g/mol. The van der Waals surface area contributed by atoms with Gasteiger partial charge in [0, 0.05) is 21.2 Å². The minimum Gasteiger partial charge on any atom is -0.321 e. The van der Waals surface area contributed by atoms with Crippen LogP contribution in [0.5, 0.6) is 0 Å². The van der Waals surface area contributed by atoms with Crippen molar-refractivity contribution in [2.24, 2.45) is 0 Å². The molecule has 3 nitrogen and oxygen atoms in total. The van der Waals surface area contributed by atoms with Crippen molar-refractivity contribution in [3.05, 3.63) is 69.7 Å². The van der Waals surface area contributed by atoms with Crippen LogP contribution in [0.2, 0.25) is 5.15 Å². The molecule has 1 amide bonds. The van der Waals surface area contributed by atoms with Gasteiger partial charge in [-0.1, -0.05) is 42.3 Å². The highest BCUT2D eigenvalue weighted by Crippen LogP contribution is 2.36. The van der Waals surface area contributed by atoms with Crippen LogP contribution in [0.4, 0.5) is 5.69 Å². The summed E-state index contributed by atoms with van der Waals surface area (Å²) in [6.07, 6.45) is 0.975. The number of pyridine rings is 1. The molecule has 5 heteroatoms. The zero-order chi connectivity index (χ0) is 18.3. The van der Waals surface area contributed by atoms with E-state index in [1.165, 1.54) is 16.9 Å². The van der Waals surface area contributed by atoms with Gasteiger partial charge in [0.05, 0.1) is 10.4 Å². The summed E-state index contributed by atoms with van der Waals surface area (Å²) in [6.45, 7) is 4.15. The molecular weight excluding hydrogens is 364 g/mol. The van der Waals surface area contributed by atoms with E-state index in [0.29, 0.717) is 10.0 Å². The Morgan fingerprint density at radius 3 is 2.62 bits per heavy atom. The number of hydrogen-bond donors (Lipinski definition) is 1. The number of rotatable bonds is 3. The van der Waals surface area contributed by atoms with Gasteiger partial charge in [-0.05, 0) is 49.2 Å². The number of hydrogen-bond acceptors (Lipinski definition) is 3. The number of thiophene rings is 1. The van der Waals surface area contributed by atoms with Crippen molar-refractivity contribution in [3.8, 4) is 0 Å². The Labute approximate surface area is 160 Å². The number of anilines is 1. The Kier molecular flexibility index (Phi) is 4.39. The fourth-order valence-corrected chi connectivity index (χ4v) is 4.34. The first-order valence-electron chi connectivity index (χ1n) is 8.45. The summed E-state index contributed by atoms with van der Waals surface area (Å²) in [6, 6.07) is 15.8. The number of fused-ring (bicyclic) bond motifs is 3. The van der Waals surface area contributed by atoms with Crippen LogP contribution >= 0.6 is 22.9 Å². The Morgan fingerprint density at radius 1 is 1.12 bits per heavy atom. The molecule has 0 saturated heterocycles. The predicted molar refractivity (Wildman–Crippen MR) is 111 cm³/mol. The molecule has 2 aromatic heterocycles. The van der Waals surface area contributed by atoms with Crippen molar-refractivity contribution < 1.29 is 4.79 Å². The molecule has 2 heterocycles. The van der Waals surface area contributed by atoms with Gasteiger partial charge in [0.1, 0.15) is 5.15 Å². The highest BCUT2D eigenvalue weighted by molar-refractivity contribution is 7.22. The van der Waals surface area contributed by atoms with Crippen molar-refractivity contribution in [2.45, 2.75) is 20.3 Å². The van der Waals surface area contributed by atoms with Gasteiger partial charge in [-0.25, -0.2) is 4.98 Å². The van der Waals surface area contributed by atoms with E-state index in [1.807, 2.05) is 49.4 Å². The fourth-order valence-electron chi connectivity index (χ4n) is 2.97. The van der Waals surface area contributed by atoms with Gasteiger partial charge >= 0.3 is 0 Å². The van der Waals surface area contributed by atoms with Crippen LogP contribution in [-0.4, -0.2) is 10.9 Å². The molecule has 130 valence electrons. The molecular formula is C21H17ClN2OS. The quantitative estimate of drug-likeness (QED) is 0.428. The molecule has 0 spiro atoms. The molecule has 26 heavy (non-hydrogen) atoms. The highest BCUT2D eigenvalue weighted by atomic mass is 35.5. The number of carbonyl (C=O) groups is 1. The average Bonchev–Trinajstić information content (AvgIpc) is 3.10. The summed E-state index contributed by atoms with van der Waals surface area (Å²) >= 11 is 7.80. The zero-order valence-electron chi connectivity index (χ0n) is 14.5. The Morgan fingerprint density at radius 2 is 1.88 bits per heavy atom. The van der Waals surface area contributed by atoms with Crippen molar-refractivity contribution >= 4 is 55.5 Å². The van der Waals surface area contributed by atoms with Gasteiger partial charge in [-0.15, -0.1) is 11.3 Å². The lowest BCUT2D eigenvalue weighted by Gasteiger charge is -2.04. The van der Waals surface area contributed by atoms with Gasteiger partial charge in [-0.2, -0.15) is 0 Å². The Bertz CT molecular complexity index is 1130. The van der Waals surface area contributed by atoms with Gasteiger partial charge in [0.25, 0.3) is 5.91 Å². The summed E-state index contributed by atoms with van der Waals surface area (Å²) in [4.78, 5) is 17.8. The Balaban J connectivity index is 1.74. The molecule has 4 rings (SSSR count). The van der Waals surface area contributed by atoms with Gasteiger partial charge in [-0.3, -0.25) is 4.79 Å². The number of aryl methyl sites for hydroxylation is 2. The van der Waals surface area contributed by atoms with Gasteiger partial charge in [0.2, 0.25) is 0 Å². The van der Waals surface area contributed by atoms with Crippen LogP contribution in [0.3, 0.4) is 0 Å². The molecule has 0 aliphatic rings. The molecule has 0 aliphatic carbocycles. The van der Waals surface area contributed by atoms with E-state index in [1.54, 1.807) is 0 Å². The lowest BCUT2D eigenvalue weighted by Crippen LogP contribution is -2.09. The summed E-state index contributed by atoms with van der Waals surface area (Å²) in [5.74, 6) is -0.132. The third kappa shape index (κ3) is 3.06. The molecule has 0 bridgehead atoms. The van der Waals surface area contributed by atoms with Crippen LogP contribution in [-0.2, 0) is 6.42 Å². The summed E-state index contributed by atoms with van der Waals surface area (Å²) in [5.41, 5.74) is 4.02. The first-order valence-corrected chi connectivity index (χ1v) is 9.64. The minimum atomic E-state index is -0.132. The first kappa shape index (κ1) is 17.0. The second-order valence-electron chi connectivity index (χ2n) is 6.28. The molecule has 0 fully saturated rings. The highest BCUT2D eigenvalue weighted by Gasteiger charge is 2.16. The molecule has 0 radical (unpaired) electrons. The van der Waals surface area contributed by atoms with Crippen molar-refractivity contribution in [2.75, 3.05) is 5.32 Å². The molecule has 0 aliphatic heterocycles. The van der Waals surface area contributed by atoms with Crippen molar-refractivity contribution in [1.82, 2.24) is 4.98 Å². The third-order valence-electron chi connectivity index (χ3n) is 4.41. The third-order valence-corrected chi connectivity index (χ3v) is 5.87. The van der Waals surface area contributed by atoms with Crippen molar-refractivity contribution in [3.63, 3.8) is 0 Å². The second-order valence-corrected chi connectivity index (χ2v) is 7.69. The van der Waals surface area contributed by atoms with Crippen LogP contribution in [0.1, 0.15) is 27.7 Å². The zero-order valence-corrected chi connectivity index (χ0v) is 16.0. The van der Waals surface area contributed by atoms with E-state index < -0.39 is 0 Å². The van der Waals surface area contributed by atoms with Crippen LogP contribution in [0.15, 0.2) is 48.5 Å². The van der Waals surface area contributed by atoms with Crippen LogP contribution in [0.25, 0.3) is 21.0 Å². The van der Waals surface area contributed by atoms with E-state index in [-0.39, 0.29) is 5.91 Å². The number of halogens is 1. The molecule has 0 atom stereocenters. The monoisotopic (exact) mass is 380 g/mol. The summed E-state index contributed by atoms with van der Waals surface area (Å²) < 4.78 is 0.996. The SMILES string of the molecule is CCc1ccc(NC(=O)c2cc3c(Cl)nc4ccc(C)cc4c3s2)cc1. The maximum Gasteiger partial charge on any atom is 0.265 e. The fraction of sp³-hybridized carbons (Fsp3) is 0.143. The van der Waals surface area contributed by atoms with Crippen LogP contribution in [0, 0.1) is 6.92 Å². The lowest BCUT2D eigenvalue weighted by atomic mass is 10.1. The van der Waals surface area contributed by atoms with Gasteiger partial charge in [0.15, 0.2) is 0 Å². The lowest BCUT2D eigenvalue weighted by molar-refractivity contribution is 0.103. The number of nitrogens with zero attached hydrogens (tertiary/aromatic N) is 1. The smallest absolute Gasteiger partial charge is 0.265 e. The summed E-state index contributed by atoms with van der Waals surface area (Å²) in [7, 11) is 0. The van der Waals surface area contributed by atoms with E-state index in [0.717, 1.165) is 38.7 Å². The normalized spacial score (nSPS) is 11.2. The number of amides is 1. The summed E-state index contributed by atoms with van der Waals surface area (Å²) in [5, 5.41) is 5.24. The maximum absolute atomic E-state index is 12.7. The second kappa shape index (κ2) is 6.71.